The molecule has 0 aliphatic carbocycles. The van der Waals surface area contributed by atoms with E-state index in [0.717, 1.165) is 0 Å². The minimum Gasteiger partial charge on any atom is -0.465 e. The average Bonchev–Trinajstić information content (AvgIpc) is 3.35. The number of anilines is 1. The predicted octanol–water partition coefficient (Wildman–Crippen LogP) is 3.54. The number of hydrogen-bond donors (Lipinski definition) is 1. The predicted molar refractivity (Wildman–Crippen MR) is 102 cm³/mol. The highest BCUT2D eigenvalue weighted by atomic mass is 32.1. The number of benzene rings is 1. The van der Waals surface area contributed by atoms with Gasteiger partial charge in [0.2, 0.25) is 0 Å². The number of aryl methyl sites for hydroxylation is 1. The highest BCUT2D eigenvalue weighted by Gasteiger charge is 2.20. The number of amides is 1. The number of thiazole rings is 1. The van der Waals surface area contributed by atoms with Gasteiger partial charge in [0.25, 0.3) is 5.91 Å². The SMILES string of the molecule is COC(=O)c1cc(NC(=O)c2nc(-c3ccco3)sc2C)cc(C(=O)OC)c1. The van der Waals surface area contributed by atoms with Crippen molar-refractivity contribution < 1.29 is 28.3 Å². The Kier molecular flexibility index (Phi) is 5.55. The Labute approximate surface area is 164 Å². The van der Waals surface area contributed by atoms with E-state index in [1.807, 2.05) is 0 Å². The Bertz CT molecular complexity index is 1000. The number of carbonyl (C=O) groups is 3. The maximum absolute atomic E-state index is 12.7. The summed E-state index contributed by atoms with van der Waals surface area (Å²) >= 11 is 1.32. The molecule has 2 aromatic heterocycles. The van der Waals surface area contributed by atoms with E-state index >= 15 is 0 Å². The Hall–Kier alpha value is -3.46. The summed E-state index contributed by atoms with van der Waals surface area (Å²) in [5.41, 5.74) is 0.665. The van der Waals surface area contributed by atoms with Crippen molar-refractivity contribution >= 4 is 34.9 Å². The van der Waals surface area contributed by atoms with Crippen molar-refractivity contribution in [1.82, 2.24) is 4.98 Å². The molecule has 1 aromatic carbocycles. The second-order valence-electron chi connectivity index (χ2n) is 5.64. The standard InChI is InChI=1S/C19H16N2O6S/c1-10-15(21-17(28-10)14-5-4-6-27-14)16(22)20-13-8-11(18(23)25-2)7-12(9-13)19(24)26-3/h4-9H,1-3H3,(H,20,22). The molecule has 0 unspecified atom stereocenters. The first-order chi connectivity index (χ1) is 13.4. The smallest absolute Gasteiger partial charge is 0.337 e. The van der Waals surface area contributed by atoms with Crippen molar-refractivity contribution in [2.24, 2.45) is 0 Å². The van der Waals surface area contributed by atoms with Crippen LogP contribution in [0.3, 0.4) is 0 Å². The van der Waals surface area contributed by atoms with E-state index in [2.05, 4.69) is 19.8 Å². The lowest BCUT2D eigenvalue weighted by atomic mass is 10.1. The summed E-state index contributed by atoms with van der Waals surface area (Å²) in [6, 6.07) is 7.63. The highest BCUT2D eigenvalue weighted by Crippen LogP contribution is 2.28. The first-order valence-electron chi connectivity index (χ1n) is 8.07. The van der Waals surface area contributed by atoms with E-state index in [9.17, 15) is 14.4 Å². The number of nitrogens with zero attached hydrogens (tertiary/aromatic N) is 1. The summed E-state index contributed by atoms with van der Waals surface area (Å²) in [5.74, 6) is -1.21. The third kappa shape index (κ3) is 3.94. The lowest BCUT2D eigenvalue weighted by Gasteiger charge is -2.09. The molecule has 9 heteroatoms. The number of esters is 2. The quantitative estimate of drug-likeness (QED) is 0.653. The molecular weight excluding hydrogens is 384 g/mol. The second kappa shape index (κ2) is 8.05. The van der Waals surface area contributed by atoms with Gasteiger partial charge in [0.1, 0.15) is 5.69 Å². The summed E-state index contributed by atoms with van der Waals surface area (Å²) < 4.78 is 14.7. The molecular formula is C19H16N2O6S. The number of carbonyl (C=O) groups excluding carboxylic acids is 3. The number of methoxy groups -OCH3 is 2. The van der Waals surface area contributed by atoms with E-state index in [1.165, 1.54) is 50.0 Å². The van der Waals surface area contributed by atoms with Gasteiger partial charge in [-0.2, -0.15) is 0 Å². The molecule has 0 aliphatic heterocycles. The minimum absolute atomic E-state index is 0.104. The zero-order chi connectivity index (χ0) is 20.3. The highest BCUT2D eigenvalue weighted by molar-refractivity contribution is 7.15. The van der Waals surface area contributed by atoms with Crippen LogP contribution in [-0.2, 0) is 9.47 Å². The molecule has 0 saturated heterocycles. The molecule has 144 valence electrons. The fourth-order valence-electron chi connectivity index (χ4n) is 2.47. The van der Waals surface area contributed by atoms with Gasteiger partial charge >= 0.3 is 11.9 Å². The minimum atomic E-state index is -0.647. The number of nitrogens with one attached hydrogen (secondary N) is 1. The van der Waals surface area contributed by atoms with Crippen LogP contribution < -0.4 is 5.32 Å². The number of furan rings is 1. The molecule has 0 bridgehead atoms. The van der Waals surface area contributed by atoms with Crippen molar-refractivity contribution in [3.63, 3.8) is 0 Å². The summed E-state index contributed by atoms with van der Waals surface area (Å²) in [6.07, 6.45) is 1.53. The summed E-state index contributed by atoms with van der Waals surface area (Å²) in [7, 11) is 2.44. The summed E-state index contributed by atoms with van der Waals surface area (Å²) in [5, 5.41) is 3.23. The molecule has 2 heterocycles. The molecule has 0 saturated carbocycles. The van der Waals surface area contributed by atoms with E-state index < -0.39 is 17.8 Å². The molecule has 0 spiro atoms. The largest absolute Gasteiger partial charge is 0.465 e. The molecule has 0 radical (unpaired) electrons. The number of ether oxygens (including phenoxy) is 2. The third-order valence-electron chi connectivity index (χ3n) is 3.78. The van der Waals surface area contributed by atoms with Crippen molar-refractivity contribution in [2.45, 2.75) is 6.92 Å². The molecule has 0 aliphatic rings. The van der Waals surface area contributed by atoms with Gasteiger partial charge in [-0.25, -0.2) is 14.6 Å². The normalized spacial score (nSPS) is 10.4. The van der Waals surface area contributed by atoms with Crippen LogP contribution in [0.2, 0.25) is 0 Å². The van der Waals surface area contributed by atoms with Crippen molar-refractivity contribution in [3.05, 3.63) is 58.3 Å². The Morgan fingerprint density at radius 1 is 1.07 bits per heavy atom. The van der Waals surface area contributed by atoms with Gasteiger partial charge in [-0.1, -0.05) is 0 Å². The van der Waals surface area contributed by atoms with Crippen molar-refractivity contribution in [2.75, 3.05) is 19.5 Å². The van der Waals surface area contributed by atoms with Gasteiger partial charge < -0.3 is 19.2 Å². The summed E-state index contributed by atoms with van der Waals surface area (Å²) in [6.45, 7) is 1.77. The molecule has 1 amide bonds. The molecule has 28 heavy (non-hydrogen) atoms. The molecule has 0 fully saturated rings. The van der Waals surface area contributed by atoms with Gasteiger partial charge in [0, 0.05) is 10.6 Å². The van der Waals surface area contributed by atoms with Gasteiger partial charge in [0.15, 0.2) is 10.8 Å². The molecule has 1 N–H and O–H groups in total. The topological polar surface area (TPSA) is 108 Å². The average molecular weight is 400 g/mol. The lowest BCUT2D eigenvalue weighted by Crippen LogP contribution is -2.15. The van der Waals surface area contributed by atoms with Crippen molar-refractivity contribution in [3.8, 4) is 10.8 Å². The zero-order valence-corrected chi connectivity index (χ0v) is 16.1. The fourth-order valence-corrected chi connectivity index (χ4v) is 3.35. The monoisotopic (exact) mass is 400 g/mol. The van der Waals surface area contributed by atoms with Gasteiger partial charge in [-0.15, -0.1) is 11.3 Å². The Morgan fingerprint density at radius 3 is 2.25 bits per heavy atom. The maximum atomic E-state index is 12.7. The Morgan fingerprint density at radius 2 is 1.71 bits per heavy atom. The molecule has 3 aromatic rings. The molecule has 3 rings (SSSR count). The van der Waals surface area contributed by atoms with Gasteiger partial charge in [-0.05, 0) is 37.3 Å². The second-order valence-corrected chi connectivity index (χ2v) is 6.84. The molecule has 0 atom stereocenters. The van der Waals surface area contributed by atoms with Crippen molar-refractivity contribution in [1.29, 1.82) is 0 Å². The van der Waals surface area contributed by atoms with Crippen LogP contribution in [-0.4, -0.2) is 37.0 Å². The van der Waals surface area contributed by atoms with E-state index in [4.69, 9.17) is 4.42 Å². The van der Waals surface area contributed by atoms with Crippen LogP contribution in [0, 0.1) is 6.92 Å². The van der Waals surface area contributed by atoms with Gasteiger partial charge in [0.05, 0.1) is 31.6 Å². The van der Waals surface area contributed by atoms with E-state index in [0.29, 0.717) is 15.6 Å². The van der Waals surface area contributed by atoms with Crippen LogP contribution in [0.4, 0.5) is 5.69 Å². The fraction of sp³-hybridized carbons (Fsp3) is 0.158. The number of hydrogen-bond acceptors (Lipinski definition) is 8. The van der Waals surface area contributed by atoms with Crippen LogP contribution >= 0.6 is 11.3 Å². The summed E-state index contributed by atoms with van der Waals surface area (Å²) in [4.78, 5) is 41.4. The first kappa shape index (κ1) is 19.3. The van der Waals surface area contributed by atoms with Crippen LogP contribution in [0.25, 0.3) is 10.8 Å². The van der Waals surface area contributed by atoms with Gasteiger partial charge in [-0.3, -0.25) is 4.79 Å². The Balaban J connectivity index is 1.91. The zero-order valence-electron chi connectivity index (χ0n) is 15.3. The van der Waals surface area contributed by atoms with E-state index in [1.54, 1.807) is 19.1 Å². The number of rotatable bonds is 5. The maximum Gasteiger partial charge on any atom is 0.337 e. The first-order valence-corrected chi connectivity index (χ1v) is 8.89. The van der Waals surface area contributed by atoms with Crippen LogP contribution in [0.15, 0.2) is 41.0 Å². The third-order valence-corrected chi connectivity index (χ3v) is 4.76. The van der Waals surface area contributed by atoms with Crippen LogP contribution in [0.1, 0.15) is 36.1 Å². The van der Waals surface area contributed by atoms with Crippen LogP contribution in [0.5, 0.6) is 0 Å². The lowest BCUT2D eigenvalue weighted by molar-refractivity contribution is 0.0599. The number of aromatic nitrogens is 1. The van der Waals surface area contributed by atoms with E-state index in [-0.39, 0.29) is 22.5 Å². The molecule has 8 nitrogen and oxygen atoms in total.